The lowest BCUT2D eigenvalue weighted by molar-refractivity contribution is 0.0696. The van der Waals surface area contributed by atoms with E-state index in [0.717, 1.165) is 39.3 Å². The van der Waals surface area contributed by atoms with Crippen molar-refractivity contribution in [2.24, 2.45) is 0 Å². The molecule has 5 heteroatoms. The molecule has 0 aliphatic rings. The number of hydrogen-bond acceptors (Lipinski definition) is 3. The maximum absolute atomic E-state index is 15.0. The number of methoxy groups -OCH3 is 1. The van der Waals surface area contributed by atoms with Gasteiger partial charge < -0.3 is 15.2 Å². The topological polar surface area (TPSA) is 58.6 Å². The van der Waals surface area contributed by atoms with Crippen LogP contribution >= 0.6 is 0 Å². The lowest BCUT2D eigenvalue weighted by Gasteiger charge is -2.22. The molecule has 0 bridgehead atoms. The average molecular weight is 444 g/mol. The number of halogens is 1. The number of benzene rings is 4. The molecule has 0 aliphatic carbocycles. The Morgan fingerprint density at radius 1 is 0.879 bits per heavy atom. The first-order chi connectivity index (χ1) is 15.9. The maximum Gasteiger partial charge on any atom is 0.335 e. The molecular formula is C28H26FNO3. The van der Waals surface area contributed by atoms with E-state index in [1.165, 1.54) is 6.07 Å². The number of carboxylic acids is 1. The summed E-state index contributed by atoms with van der Waals surface area (Å²) in [6.45, 7) is 4.17. The molecule has 2 N–H and O–H groups in total. The minimum atomic E-state index is -1.15. The Hall–Kier alpha value is -3.70. The van der Waals surface area contributed by atoms with Crippen molar-refractivity contribution < 1.29 is 19.0 Å². The molecule has 0 spiro atoms. The van der Waals surface area contributed by atoms with Crippen LogP contribution in [0.15, 0.2) is 78.9 Å². The number of rotatable bonds is 7. The normalized spacial score (nSPS) is 13.0. The van der Waals surface area contributed by atoms with E-state index in [-0.39, 0.29) is 17.6 Å². The van der Waals surface area contributed by atoms with Crippen molar-refractivity contribution >= 4 is 16.7 Å². The number of hydrogen-bond donors (Lipinski definition) is 2. The molecule has 4 aromatic rings. The van der Waals surface area contributed by atoms with Crippen LogP contribution in [0.1, 0.15) is 47.4 Å². The van der Waals surface area contributed by atoms with Gasteiger partial charge in [-0.15, -0.1) is 0 Å². The van der Waals surface area contributed by atoms with Crippen LogP contribution in [0, 0.1) is 5.82 Å². The van der Waals surface area contributed by atoms with Crippen LogP contribution in [0.2, 0.25) is 0 Å². The number of fused-ring (bicyclic) bond motifs is 1. The molecule has 0 amide bonds. The molecule has 0 saturated heterocycles. The summed E-state index contributed by atoms with van der Waals surface area (Å²) in [7, 11) is 1.65. The Balaban J connectivity index is 1.72. The van der Waals surface area contributed by atoms with Crippen molar-refractivity contribution in [3.63, 3.8) is 0 Å². The van der Waals surface area contributed by atoms with Crippen LogP contribution in [0.25, 0.3) is 21.9 Å². The summed E-state index contributed by atoms with van der Waals surface area (Å²) in [6.07, 6.45) is 0. The van der Waals surface area contributed by atoms with Crippen molar-refractivity contribution in [1.82, 2.24) is 5.32 Å². The van der Waals surface area contributed by atoms with E-state index < -0.39 is 11.8 Å². The van der Waals surface area contributed by atoms with Crippen molar-refractivity contribution in [2.75, 3.05) is 7.11 Å². The zero-order valence-corrected chi connectivity index (χ0v) is 18.8. The van der Waals surface area contributed by atoms with Crippen LogP contribution in [0.3, 0.4) is 0 Å². The number of nitrogens with one attached hydrogen (secondary N) is 1. The van der Waals surface area contributed by atoms with Crippen LogP contribution < -0.4 is 10.1 Å². The third kappa shape index (κ3) is 4.73. The van der Waals surface area contributed by atoms with E-state index in [0.29, 0.717) is 5.56 Å². The van der Waals surface area contributed by atoms with E-state index in [1.807, 2.05) is 48.5 Å². The van der Waals surface area contributed by atoms with Gasteiger partial charge in [0.2, 0.25) is 0 Å². The van der Waals surface area contributed by atoms with E-state index in [2.05, 4.69) is 31.3 Å². The monoisotopic (exact) mass is 443 g/mol. The van der Waals surface area contributed by atoms with Gasteiger partial charge in [0.05, 0.1) is 12.7 Å². The highest BCUT2D eigenvalue weighted by Gasteiger charge is 2.17. The molecule has 0 saturated carbocycles. The first-order valence-corrected chi connectivity index (χ1v) is 10.8. The van der Waals surface area contributed by atoms with Gasteiger partial charge in [0.15, 0.2) is 0 Å². The Morgan fingerprint density at radius 3 is 2.36 bits per heavy atom. The second-order valence-corrected chi connectivity index (χ2v) is 8.18. The number of carboxylic acid groups (broad SMARTS) is 1. The van der Waals surface area contributed by atoms with Gasteiger partial charge in [-0.1, -0.05) is 42.5 Å². The smallest absolute Gasteiger partial charge is 0.335 e. The van der Waals surface area contributed by atoms with Crippen LogP contribution in [-0.4, -0.2) is 18.2 Å². The molecule has 0 fully saturated rings. The fraction of sp³-hybridized carbons (Fsp3) is 0.179. The van der Waals surface area contributed by atoms with Gasteiger partial charge in [-0.25, -0.2) is 9.18 Å². The highest BCUT2D eigenvalue weighted by atomic mass is 19.1. The maximum atomic E-state index is 15.0. The number of carbonyl (C=O) groups is 1. The third-order valence-corrected chi connectivity index (χ3v) is 5.98. The second kappa shape index (κ2) is 9.43. The van der Waals surface area contributed by atoms with E-state index in [4.69, 9.17) is 4.74 Å². The summed E-state index contributed by atoms with van der Waals surface area (Å²) < 4.78 is 20.3. The quantitative estimate of drug-likeness (QED) is 0.331. The summed E-state index contributed by atoms with van der Waals surface area (Å²) in [6, 6.07) is 24.0. The van der Waals surface area contributed by atoms with Gasteiger partial charge in [-0.05, 0) is 77.7 Å². The highest BCUT2D eigenvalue weighted by Crippen LogP contribution is 2.34. The Labute approximate surface area is 192 Å². The summed E-state index contributed by atoms with van der Waals surface area (Å²) in [5.74, 6) is -0.895. The molecule has 0 aromatic heterocycles. The fourth-order valence-electron chi connectivity index (χ4n) is 4.15. The zero-order chi connectivity index (χ0) is 23.5. The van der Waals surface area contributed by atoms with E-state index in [9.17, 15) is 14.3 Å². The summed E-state index contributed by atoms with van der Waals surface area (Å²) in [4.78, 5) is 11.2. The van der Waals surface area contributed by atoms with Gasteiger partial charge in [0, 0.05) is 17.6 Å². The Kier molecular flexibility index (Phi) is 6.43. The predicted octanol–water partition coefficient (Wildman–Crippen LogP) is 6.76. The number of ether oxygens (including phenoxy) is 1. The SMILES string of the molecule is COc1cccc([C@@H](C)NC(C)c2cc(-c3ccc(C(=O)O)cc3F)c3ccccc3c2)c1. The molecular weight excluding hydrogens is 417 g/mol. The van der Waals surface area contributed by atoms with E-state index in [1.54, 1.807) is 13.2 Å². The highest BCUT2D eigenvalue weighted by molar-refractivity contribution is 5.98. The summed E-state index contributed by atoms with van der Waals surface area (Å²) in [5, 5.41) is 14.7. The van der Waals surface area contributed by atoms with Gasteiger partial charge in [0.1, 0.15) is 11.6 Å². The predicted molar refractivity (Wildman–Crippen MR) is 129 cm³/mol. The molecule has 4 rings (SSSR count). The van der Waals surface area contributed by atoms with Gasteiger partial charge in [0.25, 0.3) is 0 Å². The molecule has 4 nitrogen and oxygen atoms in total. The van der Waals surface area contributed by atoms with E-state index >= 15 is 0 Å². The molecule has 0 aliphatic heterocycles. The molecule has 33 heavy (non-hydrogen) atoms. The second-order valence-electron chi connectivity index (χ2n) is 8.18. The van der Waals surface area contributed by atoms with Crippen molar-refractivity contribution in [3.05, 3.63) is 101 Å². The lowest BCUT2D eigenvalue weighted by Crippen LogP contribution is -2.22. The average Bonchev–Trinajstić information content (AvgIpc) is 2.83. The largest absolute Gasteiger partial charge is 0.497 e. The molecule has 0 heterocycles. The molecule has 0 radical (unpaired) electrons. The van der Waals surface area contributed by atoms with Gasteiger partial charge in [-0.3, -0.25) is 0 Å². The first-order valence-electron chi connectivity index (χ1n) is 10.8. The molecule has 4 aromatic carbocycles. The summed E-state index contributed by atoms with van der Waals surface area (Å²) in [5.41, 5.74) is 3.17. The number of aromatic carboxylic acids is 1. The first kappa shape index (κ1) is 22.5. The fourth-order valence-corrected chi connectivity index (χ4v) is 4.15. The zero-order valence-electron chi connectivity index (χ0n) is 18.8. The molecule has 1 unspecified atom stereocenters. The summed E-state index contributed by atoms with van der Waals surface area (Å²) >= 11 is 0. The molecule has 2 atom stereocenters. The Morgan fingerprint density at radius 2 is 1.64 bits per heavy atom. The minimum Gasteiger partial charge on any atom is -0.497 e. The van der Waals surface area contributed by atoms with Crippen LogP contribution in [0.4, 0.5) is 4.39 Å². The van der Waals surface area contributed by atoms with Crippen molar-refractivity contribution in [1.29, 1.82) is 0 Å². The van der Waals surface area contributed by atoms with Crippen molar-refractivity contribution in [2.45, 2.75) is 25.9 Å². The van der Waals surface area contributed by atoms with Gasteiger partial charge >= 0.3 is 5.97 Å². The minimum absolute atomic E-state index is 0.0177. The van der Waals surface area contributed by atoms with Crippen LogP contribution in [-0.2, 0) is 0 Å². The van der Waals surface area contributed by atoms with Crippen LogP contribution in [0.5, 0.6) is 5.75 Å². The lowest BCUT2D eigenvalue weighted by atomic mass is 9.92. The standard InChI is InChI=1S/C28H26FNO3/c1-17(19-8-6-9-23(14-19)33-3)30-18(2)22-13-20-7-4-5-10-24(20)26(15-22)25-12-11-21(28(31)32)16-27(25)29/h4-18,30H,1-3H3,(H,31,32)/t17-,18?/m1/s1. The Bertz CT molecular complexity index is 1320. The third-order valence-electron chi connectivity index (χ3n) is 5.98. The molecule has 168 valence electrons. The van der Waals surface area contributed by atoms with Crippen molar-refractivity contribution in [3.8, 4) is 16.9 Å². The van der Waals surface area contributed by atoms with Gasteiger partial charge in [-0.2, -0.15) is 0 Å².